The van der Waals surface area contributed by atoms with Gasteiger partial charge in [-0.05, 0) is 37.0 Å². The minimum atomic E-state index is -0.109. The largest absolute Gasteiger partial charge is 0.353 e. The quantitative estimate of drug-likeness (QED) is 0.797. The van der Waals surface area contributed by atoms with E-state index in [9.17, 15) is 9.59 Å². The first-order valence-electron chi connectivity index (χ1n) is 9.68. The van der Waals surface area contributed by atoms with Crippen molar-refractivity contribution in [3.05, 3.63) is 11.1 Å². The lowest BCUT2D eigenvalue weighted by molar-refractivity contribution is -0.121. The number of rotatable bonds is 6. The van der Waals surface area contributed by atoms with E-state index in [1.165, 1.54) is 30.6 Å². The summed E-state index contributed by atoms with van der Waals surface area (Å²) < 4.78 is 0. The first kappa shape index (κ1) is 19.1. The van der Waals surface area contributed by atoms with Crippen LogP contribution in [0.1, 0.15) is 58.6 Å². The van der Waals surface area contributed by atoms with E-state index < -0.39 is 0 Å². The zero-order chi connectivity index (χ0) is 18.7. The highest BCUT2D eigenvalue weighted by molar-refractivity contribution is 7.14. The fourth-order valence-corrected chi connectivity index (χ4v) is 4.76. The molecule has 3 rings (SSSR count). The first-order valence-corrected chi connectivity index (χ1v) is 10.6. The molecular weight excluding hydrogens is 348 g/mol. The molecule has 2 heterocycles. The van der Waals surface area contributed by atoms with Crippen molar-refractivity contribution in [2.45, 2.75) is 65.3 Å². The van der Waals surface area contributed by atoms with E-state index in [2.05, 4.69) is 36.4 Å². The van der Waals surface area contributed by atoms with Crippen LogP contribution in [0.2, 0.25) is 0 Å². The Labute approximate surface area is 159 Å². The number of anilines is 1. The van der Waals surface area contributed by atoms with Gasteiger partial charge in [-0.15, -0.1) is 11.3 Å². The van der Waals surface area contributed by atoms with Crippen molar-refractivity contribution in [2.75, 3.05) is 18.0 Å². The van der Waals surface area contributed by atoms with Crippen molar-refractivity contribution in [1.29, 1.82) is 0 Å². The minimum Gasteiger partial charge on any atom is -0.353 e. The number of hydrogen-bond donors (Lipinski definition) is 2. The predicted molar refractivity (Wildman–Crippen MR) is 105 cm³/mol. The SMILES string of the molecule is CCC(C)(C)C1CCC(NC(=O)Cc2csc(N3CCNC3=O)n2)CC1. The third-order valence-electron chi connectivity index (χ3n) is 6.08. The van der Waals surface area contributed by atoms with Crippen LogP contribution in [-0.2, 0) is 11.2 Å². The molecule has 0 aromatic carbocycles. The summed E-state index contributed by atoms with van der Waals surface area (Å²) in [5.41, 5.74) is 1.14. The molecule has 0 atom stereocenters. The van der Waals surface area contributed by atoms with Gasteiger partial charge in [-0.3, -0.25) is 9.69 Å². The van der Waals surface area contributed by atoms with Crippen molar-refractivity contribution in [1.82, 2.24) is 15.6 Å². The highest BCUT2D eigenvalue weighted by Crippen LogP contribution is 2.40. The summed E-state index contributed by atoms with van der Waals surface area (Å²) in [7, 11) is 0. The molecule has 0 bridgehead atoms. The molecule has 1 aromatic heterocycles. The molecule has 1 saturated heterocycles. The van der Waals surface area contributed by atoms with Crippen LogP contribution in [0, 0.1) is 11.3 Å². The molecule has 0 radical (unpaired) electrons. The van der Waals surface area contributed by atoms with Crippen molar-refractivity contribution >= 4 is 28.4 Å². The zero-order valence-electron chi connectivity index (χ0n) is 16.0. The number of thiazole rings is 1. The summed E-state index contributed by atoms with van der Waals surface area (Å²) >= 11 is 1.42. The number of amides is 3. The maximum absolute atomic E-state index is 12.4. The Morgan fingerprint density at radius 2 is 2.12 bits per heavy atom. The lowest BCUT2D eigenvalue weighted by atomic mass is 9.69. The van der Waals surface area contributed by atoms with Crippen molar-refractivity contribution < 1.29 is 9.59 Å². The molecule has 1 aromatic rings. The Morgan fingerprint density at radius 1 is 1.38 bits per heavy atom. The van der Waals surface area contributed by atoms with Crippen LogP contribution < -0.4 is 15.5 Å². The molecule has 6 nitrogen and oxygen atoms in total. The molecule has 0 spiro atoms. The van der Waals surface area contributed by atoms with Gasteiger partial charge in [-0.1, -0.05) is 27.2 Å². The highest BCUT2D eigenvalue weighted by atomic mass is 32.1. The second-order valence-electron chi connectivity index (χ2n) is 8.14. The van der Waals surface area contributed by atoms with Crippen LogP contribution in [0.5, 0.6) is 0 Å². The Kier molecular flexibility index (Phi) is 5.85. The first-order chi connectivity index (χ1) is 12.4. The molecule has 1 aliphatic carbocycles. The van der Waals surface area contributed by atoms with Crippen molar-refractivity contribution in [2.24, 2.45) is 11.3 Å². The van der Waals surface area contributed by atoms with E-state index in [0.29, 0.717) is 23.6 Å². The van der Waals surface area contributed by atoms with Gasteiger partial charge in [0.1, 0.15) is 0 Å². The van der Waals surface area contributed by atoms with E-state index >= 15 is 0 Å². The Balaban J connectivity index is 1.46. The molecule has 144 valence electrons. The normalized spacial score (nSPS) is 23.8. The molecule has 7 heteroatoms. The number of hydrogen-bond acceptors (Lipinski definition) is 4. The average Bonchev–Trinajstić information content (AvgIpc) is 3.24. The third-order valence-corrected chi connectivity index (χ3v) is 6.99. The number of carbonyl (C=O) groups is 2. The molecule has 1 aliphatic heterocycles. The van der Waals surface area contributed by atoms with E-state index in [1.807, 2.05) is 5.38 Å². The van der Waals surface area contributed by atoms with E-state index in [0.717, 1.165) is 24.5 Å². The van der Waals surface area contributed by atoms with Gasteiger partial charge in [0, 0.05) is 24.5 Å². The molecule has 2 aliphatic rings. The summed E-state index contributed by atoms with van der Waals surface area (Å²) in [6, 6.07) is 0.177. The fraction of sp³-hybridized carbons (Fsp3) is 0.737. The molecule has 2 N–H and O–H groups in total. The fourth-order valence-electron chi connectivity index (χ4n) is 3.91. The monoisotopic (exact) mass is 378 g/mol. The summed E-state index contributed by atoms with van der Waals surface area (Å²) in [4.78, 5) is 30.1. The summed E-state index contributed by atoms with van der Waals surface area (Å²) in [5, 5.41) is 8.49. The van der Waals surface area contributed by atoms with Crippen molar-refractivity contribution in [3.8, 4) is 0 Å². The van der Waals surface area contributed by atoms with Gasteiger partial charge in [-0.25, -0.2) is 9.78 Å². The Hall–Kier alpha value is -1.63. The molecule has 2 fully saturated rings. The van der Waals surface area contributed by atoms with Crippen molar-refractivity contribution in [3.63, 3.8) is 0 Å². The smallest absolute Gasteiger partial charge is 0.323 e. The van der Waals surface area contributed by atoms with Gasteiger partial charge >= 0.3 is 6.03 Å². The number of urea groups is 1. The van der Waals surface area contributed by atoms with Gasteiger partial charge < -0.3 is 10.6 Å². The van der Waals surface area contributed by atoms with E-state index in [-0.39, 0.29) is 24.4 Å². The number of nitrogens with zero attached hydrogens (tertiary/aromatic N) is 2. The van der Waals surface area contributed by atoms with E-state index in [1.54, 1.807) is 4.90 Å². The van der Waals surface area contributed by atoms with Gasteiger partial charge in [0.15, 0.2) is 5.13 Å². The topological polar surface area (TPSA) is 74.3 Å². The van der Waals surface area contributed by atoms with Crippen LogP contribution in [0.3, 0.4) is 0 Å². The van der Waals surface area contributed by atoms with Gasteiger partial charge in [0.05, 0.1) is 12.1 Å². The standard InChI is InChI=1S/C19H30N4O2S/c1-4-19(2,3)13-5-7-14(8-6-13)21-16(24)11-15-12-26-18(22-15)23-10-9-20-17(23)25/h12-14H,4-11H2,1-3H3,(H,20,25)(H,21,24). The summed E-state index contributed by atoms with van der Waals surface area (Å²) in [6.07, 6.45) is 6.00. The van der Waals surface area contributed by atoms with Crippen LogP contribution in [0.15, 0.2) is 5.38 Å². The van der Waals surface area contributed by atoms with Crippen LogP contribution in [0.4, 0.5) is 9.93 Å². The number of nitrogens with one attached hydrogen (secondary N) is 2. The van der Waals surface area contributed by atoms with Crippen LogP contribution in [0.25, 0.3) is 0 Å². The Bertz CT molecular complexity index is 650. The lowest BCUT2D eigenvalue weighted by Gasteiger charge is -2.39. The molecular formula is C19H30N4O2S. The van der Waals surface area contributed by atoms with Crippen LogP contribution in [-0.4, -0.2) is 36.1 Å². The van der Waals surface area contributed by atoms with Gasteiger partial charge in [0.2, 0.25) is 5.91 Å². The lowest BCUT2D eigenvalue weighted by Crippen LogP contribution is -2.40. The molecule has 26 heavy (non-hydrogen) atoms. The predicted octanol–water partition coefficient (Wildman–Crippen LogP) is 3.33. The molecule has 3 amide bonds. The molecule has 1 saturated carbocycles. The molecule has 0 unspecified atom stereocenters. The maximum atomic E-state index is 12.4. The summed E-state index contributed by atoms with van der Waals surface area (Å²) in [5.74, 6) is 0.791. The number of aromatic nitrogens is 1. The van der Waals surface area contributed by atoms with Gasteiger partial charge in [-0.2, -0.15) is 0 Å². The summed E-state index contributed by atoms with van der Waals surface area (Å²) in [6.45, 7) is 8.26. The number of carbonyl (C=O) groups excluding carboxylic acids is 2. The highest BCUT2D eigenvalue weighted by Gasteiger charge is 2.32. The minimum absolute atomic E-state index is 0.0333. The third kappa shape index (κ3) is 4.37. The average molecular weight is 379 g/mol. The van der Waals surface area contributed by atoms with Gasteiger partial charge in [0.25, 0.3) is 0 Å². The second kappa shape index (κ2) is 7.94. The van der Waals surface area contributed by atoms with E-state index in [4.69, 9.17) is 0 Å². The van der Waals surface area contributed by atoms with Crippen LogP contribution >= 0.6 is 11.3 Å². The maximum Gasteiger partial charge on any atom is 0.323 e. The Morgan fingerprint density at radius 3 is 2.73 bits per heavy atom. The second-order valence-corrected chi connectivity index (χ2v) is 8.98. The zero-order valence-corrected chi connectivity index (χ0v) is 16.8.